The zero-order chi connectivity index (χ0) is 19.8. The summed E-state index contributed by atoms with van der Waals surface area (Å²) in [6.07, 6.45) is -4.43. The van der Waals surface area contributed by atoms with Crippen LogP contribution >= 0.6 is 11.6 Å². The molecule has 0 radical (unpaired) electrons. The van der Waals surface area contributed by atoms with Crippen LogP contribution in [0, 0.1) is 0 Å². The molecule has 5 nitrogen and oxygen atoms in total. The molecule has 0 bridgehead atoms. The lowest BCUT2D eigenvalue weighted by Gasteiger charge is -2.21. The molecule has 2 amide bonds. The van der Waals surface area contributed by atoms with Gasteiger partial charge in [0.1, 0.15) is 0 Å². The zero-order valence-electron chi connectivity index (χ0n) is 14.2. The number of rotatable bonds is 2. The molecule has 0 saturated heterocycles. The number of amides is 2. The third-order valence-electron chi connectivity index (χ3n) is 4.06. The Morgan fingerprint density at radius 2 is 1.78 bits per heavy atom. The van der Waals surface area contributed by atoms with E-state index in [1.807, 2.05) is 0 Å². The van der Waals surface area contributed by atoms with Crippen molar-refractivity contribution in [3.63, 3.8) is 0 Å². The Morgan fingerprint density at radius 3 is 2.33 bits per heavy atom. The maximum atomic E-state index is 12.6. The van der Waals surface area contributed by atoms with Crippen LogP contribution in [0.4, 0.5) is 23.7 Å². The lowest BCUT2D eigenvalue weighted by Crippen LogP contribution is -2.48. The van der Waals surface area contributed by atoms with E-state index < -0.39 is 23.3 Å². The molecule has 2 aromatic rings. The van der Waals surface area contributed by atoms with Crippen molar-refractivity contribution >= 4 is 29.0 Å². The second-order valence-electron chi connectivity index (χ2n) is 6.44. The number of hydrogen-bond donors (Lipinski definition) is 2. The summed E-state index contributed by atoms with van der Waals surface area (Å²) in [6.45, 7) is 1.86. The van der Waals surface area contributed by atoms with Crippen molar-refractivity contribution in [2.45, 2.75) is 18.6 Å². The number of alkyl halides is 3. The largest absolute Gasteiger partial charge is 0.416 e. The van der Waals surface area contributed by atoms with E-state index in [1.165, 1.54) is 12.1 Å². The van der Waals surface area contributed by atoms with Gasteiger partial charge < -0.3 is 11.1 Å². The second kappa shape index (κ2) is 6.86. The van der Waals surface area contributed by atoms with E-state index in [0.29, 0.717) is 10.7 Å². The Hall–Kier alpha value is -2.58. The van der Waals surface area contributed by atoms with Gasteiger partial charge in [-0.05, 0) is 48.9 Å². The lowest BCUT2D eigenvalue weighted by atomic mass is 9.92. The summed E-state index contributed by atoms with van der Waals surface area (Å²) in [4.78, 5) is 12.4. The fraction of sp³-hybridized carbons (Fsp3) is 0.222. The first kappa shape index (κ1) is 19.2. The summed E-state index contributed by atoms with van der Waals surface area (Å²) < 4.78 is 37.8. The average molecular weight is 397 g/mol. The zero-order valence-corrected chi connectivity index (χ0v) is 15.0. The number of hydrogen-bond acceptors (Lipinski definition) is 3. The van der Waals surface area contributed by atoms with Crippen LogP contribution in [0.15, 0.2) is 53.6 Å². The Kier molecular flexibility index (Phi) is 4.88. The third-order valence-corrected chi connectivity index (χ3v) is 4.31. The molecule has 0 spiro atoms. The summed E-state index contributed by atoms with van der Waals surface area (Å²) in [5.41, 5.74) is 6.07. The van der Waals surface area contributed by atoms with Crippen LogP contribution in [-0.4, -0.2) is 28.8 Å². The third kappa shape index (κ3) is 4.23. The van der Waals surface area contributed by atoms with Gasteiger partial charge in [0, 0.05) is 10.7 Å². The molecule has 0 saturated carbocycles. The summed E-state index contributed by atoms with van der Waals surface area (Å²) in [7, 11) is 0. The minimum Gasteiger partial charge on any atom is -0.319 e. The maximum absolute atomic E-state index is 12.6. The first-order valence-electron chi connectivity index (χ1n) is 7.96. The van der Waals surface area contributed by atoms with E-state index in [-0.39, 0.29) is 12.2 Å². The summed E-state index contributed by atoms with van der Waals surface area (Å²) in [5, 5.41) is 8.52. The molecule has 0 fully saturated rings. The smallest absolute Gasteiger partial charge is 0.319 e. The topological polar surface area (TPSA) is 70.7 Å². The van der Waals surface area contributed by atoms with Crippen LogP contribution in [0.5, 0.6) is 0 Å². The molecule has 2 aromatic carbocycles. The van der Waals surface area contributed by atoms with Crippen molar-refractivity contribution in [1.82, 2.24) is 5.01 Å². The van der Waals surface area contributed by atoms with Crippen LogP contribution in [0.2, 0.25) is 5.02 Å². The van der Waals surface area contributed by atoms with Gasteiger partial charge in [0.2, 0.25) is 0 Å². The summed E-state index contributed by atoms with van der Waals surface area (Å²) >= 11 is 5.88. The highest BCUT2D eigenvalue weighted by atomic mass is 35.5. The molecule has 1 aliphatic rings. The summed E-state index contributed by atoms with van der Waals surface area (Å²) in [6, 6.07) is 10.5. The van der Waals surface area contributed by atoms with Crippen molar-refractivity contribution in [2.75, 3.05) is 11.9 Å². The number of hydrazone groups is 1. The molecular weight excluding hydrogens is 381 g/mol. The number of nitrogens with one attached hydrogen (secondary N) is 1. The molecule has 3 N–H and O–H groups in total. The van der Waals surface area contributed by atoms with Crippen molar-refractivity contribution in [3.05, 3.63) is 64.7 Å². The van der Waals surface area contributed by atoms with Crippen molar-refractivity contribution in [1.29, 1.82) is 0 Å². The number of nitrogens with zero attached hydrogens (tertiary/aromatic N) is 2. The molecule has 1 unspecified atom stereocenters. The molecule has 27 heavy (non-hydrogen) atoms. The van der Waals surface area contributed by atoms with Gasteiger partial charge in [0.25, 0.3) is 0 Å². The van der Waals surface area contributed by atoms with Gasteiger partial charge in [0.05, 0.1) is 23.4 Å². The van der Waals surface area contributed by atoms with Gasteiger partial charge in [0.15, 0.2) is 0 Å². The Bertz CT molecular complexity index is 877. The molecule has 3 rings (SSSR count). The first-order valence-corrected chi connectivity index (χ1v) is 8.34. The Balaban J connectivity index is 1.76. The van der Waals surface area contributed by atoms with Crippen LogP contribution in [0.3, 0.4) is 0 Å². The number of carbonyl (C=O) groups is 1. The van der Waals surface area contributed by atoms with E-state index in [0.717, 1.165) is 22.7 Å². The van der Waals surface area contributed by atoms with E-state index in [9.17, 15) is 18.0 Å². The van der Waals surface area contributed by atoms with Gasteiger partial charge in [-0.15, -0.1) is 0 Å². The standard InChI is InChI=1S/C18H16ClF3N4O/c1-17(23)10-26(25-15(17)11-2-6-13(19)7-3-11)16(27)24-14-8-4-12(5-9-14)18(20,21)22/h2-9H,10,23H2,1H3,(H,24,27). The highest BCUT2D eigenvalue weighted by molar-refractivity contribution is 6.30. The molecule has 1 atom stereocenters. The van der Waals surface area contributed by atoms with Crippen LogP contribution in [0.1, 0.15) is 18.1 Å². The van der Waals surface area contributed by atoms with Crippen molar-refractivity contribution < 1.29 is 18.0 Å². The molecule has 1 heterocycles. The highest BCUT2D eigenvalue weighted by Crippen LogP contribution is 2.30. The minimum atomic E-state index is -4.43. The van der Waals surface area contributed by atoms with Crippen LogP contribution in [-0.2, 0) is 6.18 Å². The van der Waals surface area contributed by atoms with E-state index in [2.05, 4.69) is 10.4 Å². The Morgan fingerprint density at radius 1 is 1.19 bits per heavy atom. The van der Waals surface area contributed by atoms with E-state index in [4.69, 9.17) is 17.3 Å². The molecule has 0 aliphatic carbocycles. The van der Waals surface area contributed by atoms with E-state index in [1.54, 1.807) is 31.2 Å². The SMILES string of the molecule is CC1(N)CN(C(=O)Nc2ccc(C(F)(F)F)cc2)N=C1c1ccc(Cl)cc1. The number of urea groups is 1. The van der Waals surface area contributed by atoms with Crippen LogP contribution < -0.4 is 11.1 Å². The number of nitrogens with two attached hydrogens (primary N) is 1. The Labute approximate surface area is 158 Å². The van der Waals surface area contributed by atoms with Gasteiger partial charge in [-0.1, -0.05) is 23.7 Å². The fourth-order valence-corrected chi connectivity index (χ4v) is 2.83. The number of anilines is 1. The number of carbonyl (C=O) groups excluding carboxylic acids is 1. The van der Waals surface area contributed by atoms with Gasteiger partial charge >= 0.3 is 12.2 Å². The van der Waals surface area contributed by atoms with Gasteiger partial charge in [-0.3, -0.25) is 0 Å². The molecule has 0 aromatic heterocycles. The molecule has 142 valence electrons. The minimum absolute atomic E-state index is 0.122. The normalized spacial score (nSPS) is 19.8. The van der Waals surface area contributed by atoms with Crippen molar-refractivity contribution in [2.24, 2.45) is 10.8 Å². The average Bonchev–Trinajstić information content (AvgIpc) is 2.91. The highest BCUT2D eigenvalue weighted by Gasteiger charge is 2.38. The predicted molar refractivity (Wildman–Crippen MR) is 97.8 cm³/mol. The maximum Gasteiger partial charge on any atom is 0.416 e. The fourth-order valence-electron chi connectivity index (χ4n) is 2.70. The van der Waals surface area contributed by atoms with Gasteiger partial charge in [-0.25, -0.2) is 9.80 Å². The van der Waals surface area contributed by atoms with Crippen molar-refractivity contribution in [3.8, 4) is 0 Å². The summed E-state index contributed by atoms with van der Waals surface area (Å²) in [5.74, 6) is 0. The molecule has 1 aliphatic heterocycles. The number of benzene rings is 2. The molecule has 9 heteroatoms. The first-order chi connectivity index (χ1) is 12.6. The van der Waals surface area contributed by atoms with Crippen LogP contribution in [0.25, 0.3) is 0 Å². The quantitative estimate of drug-likeness (QED) is 0.793. The predicted octanol–water partition coefficient (Wildman–Crippen LogP) is 4.33. The monoisotopic (exact) mass is 396 g/mol. The second-order valence-corrected chi connectivity index (χ2v) is 6.87. The van der Waals surface area contributed by atoms with Gasteiger partial charge in [-0.2, -0.15) is 18.3 Å². The number of halogens is 4. The lowest BCUT2D eigenvalue weighted by molar-refractivity contribution is -0.137. The molecular formula is C18H16ClF3N4O. The van der Waals surface area contributed by atoms with E-state index >= 15 is 0 Å².